The second-order valence-electron chi connectivity index (χ2n) is 3.93. The Morgan fingerprint density at radius 3 is 2.50 bits per heavy atom. The van der Waals surface area contributed by atoms with Crippen LogP contribution in [0.1, 0.15) is 30.8 Å². The number of carboxylic acid groups (broad SMARTS) is 1. The van der Waals surface area contributed by atoms with Crippen molar-refractivity contribution in [1.29, 1.82) is 0 Å². The van der Waals surface area contributed by atoms with Crippen LogP contribution in [0.15, 0.2) is 6.07 Å². The molecule has 5 nitrogen and oxygen atoms in total. The largest absolute Gasteiger partial charge is 0.480 e. The summed E-state index contributed by atoms with van der Waals surface area (Å²) < 4.78 is 0. The number of carboxylic acids is 1. The van der Waals surface area contributed by atoms with Crippen LogP contribution in [0.2, 0.25) is 10.2 Å². The van der Waals surface area contributed by atoms with Crippen LogP contribution < -0.4 is 0 Å². The number of rotatable bonds is 5. The SMILES string of the molecule is CCC(C)N(CC(=O)O)C(=O)c1cc(Cl)c(Cl)[nH]1. The third-order valence-corrected chi connectivity index (χ3v) is 3.34. The lowest BCUT2D eigenvalue weighted by Gasteiger charge is -2.26. The van der Waals surface area contributed by atoms with Crippen LogP contribution in [0.4, 0.5) is 0 Å². The number of carbonyl (C=O) groups is 2. The monoisotopic (exact) mass is 292 g/mol. The summed E-state index contributed by atoms with van der Waals surface area (Å²) in [5, 5.41) is 9.23. The zero-order valence-corrected chi connectivity index (χ0v) is 11.5. The van der Waals surface area contributed by atoms with Crippen LogP contribution in [0, 0.1) is 0 Å². The van der Waals surface area contributed by atoms with Gasteiger partial charge in [0.25, 0.3) is 5.91 Å². The van der Waals surface area contributed by atoms with Gasteiger partial charge in [-0.3, -0.25) is 9.59 Å². The molecule has 0 radical (unpaired) electrons. The first-order valence-electron chi connectivity index (χ1n) is 5.43. The fourth-order valence-corrected chi connectivity index (χ4v) is 1.78. The van der Waals surface area contributed by atoms with Crippen molar-refractivity contribution in [3.8, 4) is 0 Å². The second kappa shape index (κ2) is 6.11. The molecular formula is C11H14Cl2N2O3. The lowest BCUT2D eigenvalue weighted by molar-refractivity contribution is -0.138. The van der Waals surface area contributed by atoms with Crippen molar-refractivity contribution in [3.05, 3.63) is 21.9 Å². The summed E-state index contributed by atoms with van der Waals surface area (Å²) in [6.07, 6.45) is 0.654. The number of hydrogen-bond donors (Lipinski definition) is 2. The Morgan fingerprint density at radius 1 is 1.50 bits per heavy atom. The smallest absolute Gasteiger partial charge is 0.323 e. The molecule has 7 heteroatoms. The molecule has 0 saturated carbocycles. The van der Waals surface area contributed by atoms with Gasteiger partial charge in [-0.25, -0.2) is 0 Å². The zero-order valence-electron chi connectivity index (χ0n) is 10.0. The van der Waals surface area contributed by atoms with E-state index in [2.05, 4.69) is 4.98 Å². The Balaban J connectivity index is 2.98. The van der Waals surface area contributed by atoms with Gasteiger partial charge in [-0.1, -0.05) is 30.1 Å². The predicted octanol–water partition coefficient (Wildman–Crippen LogP) is 2.65. The fraction of sp³-hybridized carbons (Fsp3) is 0.455. The molecule has 18 heavy (non-hydrogen) atoms. The normalized spacial score (nSPS) is 12.2. The molecule has 1 heterocycles. The fourth-order valence-electron chi connectivity index (χ4n) is 1.47. The number of nitrogens with zero attached hydrogens (tertiary/aromatic N) is 1. The molecule has 0 aliphatic carbocycles. The van der Waals surface area contributed by atoms with Crippen LogP contribution in [-0.4, -0.2) is 39.5 Å². The number of aliphatic carboxylic acids is 1. The van der Waals surface area contributed by atoms with E-state index in [1.807, 2.05) is 6.92 Å². The molecule has 0 spiro atoms. The minimum atomic E-state index is -1.06. The number of halogens is 2. The van der Waals surface area contributed by atoms with E-state index in [9.17, 15) is 9.59 Å². The molecule has 0 aliphatic rings. The van der Waals surface area contributed by atoms with Gasteiger partial charge in [0.1, 0.15) is 17.4 Å². The Morgan fingerprint density at radius 2 is 2.11 bits per heavy atom. The first kappa shape index (κ1) is 14.9. The summed E-state index contributed by atoms with van der Waals surface area (Å²) in [5.41, 5.74) is 0.187. The zero-order chi connectivity index (χ0) is 13.9. The molecule has 2 N–H and O–H groups in total. The Kier molecular flexibility index (Phi) is 5.04. The molecule has 0 bridgehead atoms. The summed E-state index contributed by atoms with van der Waals surface area (Å²) in [6, 6.07) is 1.21. The van der Waals surface area contributed by atoms with E-state index in [0.717, 1.165) is 0 Å². The molecule has 1 atom stereocenters. The average Bonchev–Trinajstić information content (AvgIpc) is 2.64. The van der Waals surface area contributed by atoms with Gasteiger partial charge in [0.2, 0.25) is 0 Å². The summed E-state index contributed by atoms with van der Waals surface area (Å²) in [6.45, 7) is 3.30. The molecule has 0 aliphatic heterocycles. The molecule has 1 rings (SSSR count). The molecule has 1 aromatic heterocycles. The highest BCUT2D eigenvalue weighted by molar-refractivity contribution is 6.41. The number of aromatic amines is 1. The highest BCUT2D eigenvalue weighted by Crippen LogP contribution is 2.23. The summed E-state index contributed by atoms with van der Waals surface area (Å²) >= 11 is 11.5. The quantitative estimate of drug-likeness (QED) is 0.876. The van der Waals surface area contributed by atoms with Gasteiger partial charge in [0, 0.05) is 6.04 Å². The van der Waals surface area contributed by atoms with Gasteiger partial charge in [0.05, 0.1) is 5.02 Å². The lowest BCUT2D eigenvalue weighted by Crippen LogP contribution is -2.42. The molecule has 0 saturated heterocycles. The third-order valence-electron chi connectivity index (χ3n) is 2.64. The number of H-pyrrole nitrogens is 1. The van der Waals surface area contributed by atoms with Crippen LogP contribution >= 0.6 is 23.2 Å². The first-order chi connectivity index (χ1) is 8.36. The first-order valence-corrected chi connectivity index (χ1v) is 6.19. The van der Waals surface area contributed by atoms with E-state index < -0.39 is 11.9 Å². The van der Waals surface area contributed by atoms with Gasteiger partial charge >= 0.3 is 5.97 Å². The minimum absolute atomic E-state index is 0.166. The maximum Gasteiger partial charge on any atom is 0.323 e. The standard InChI is InChI=1S/C11H14Cl2N2O3/c1-3-6(2)15(5-9(16)17)11(18)8-4-7(12)10(13)14-8/h4,6,14H,3,5H2,1-2H3,(H,16,17). The topological polar surface area (TPSA) is 73.4 Å². The molecule has 1 aromatic rings. The van der Waals surface area contributed by atoms with Crippen LogP contribution in [0.5, 0.6) is 0 Å². The highest BCUT2D eigenvalue weighted by Gasteiger charge is 2.24. The Bertz CT molecular complexity index is 440. The van der Waals surface area contributed by atoms with Crippen molar-refractivity contribution in [1.82, 2.24) is 9.88 Å². The number of carbonyl (C=O) groups excluding carboxylic acids is 1. The van der Waals surface area contributed by atoms with Crippen molar-refractivity contribution in [2.75, 3.05) is 6.54 Å². The highest BCUT2D eigenvalue weighted by atomic mass is 35.5. The number of aromatic nitrogens is 1. The van der Waals surface area contributed by atoms with E-state index in [4.69, 9.17) is 28.3 Å². The summed E-state index contributed by atoms with van der Waals surface area (Å²) in [7, 11) is 0. The predicted molar refractivity (Wildman–Crippen MR) is 69.2 cm³/mol. The maximum atomic E-state index is 12.2. The second-order valence-corrected chi connectivity index (χ2v) is 4.71. The van der Waals surface area contributed by atoms with Crippen molar-refractivity contribution in [2.45, 2.75) is 26.3 Å². The van der Waals surface area contributed by atoms with Crippen LogP contribution in [0.3, 0.4) is 0 Å². The van der Waals surface area contributed by atoms with E-state index in [1.165, 1.54) is 11.0 Å². The van der Waals surface area contributed by atoms with Gasteiger partial charge in [-0.05, 0) is 19.4 Å². The molecule has 0 fully saturated rings. The van der Waals surface area contributed by atoms with Crippen LogP contribution in [-0.2, 0) is 4.79 Å². The van der Waals surface area contributed by atoms with E-state index in [-0.39, 0.29) is 28.5 Å². The maximum absolute atomic E-state index is 12.2. The molecule has 100 valence electrons. The minimum Gasteiger partial charge on any atom is -0.480 e. The summed E-state index contributed by atoms with van der Waals surface area (Å²) in [4.78, 5) is 26.8. The Hall–Kier alpha value is -1.20. The Labute approximate surface area is 115 Å². The van der Waals surface area contributed by atoms with E-state index in [1.54, 1.807) is 6.92 Å². The van der Waals surface area contributed by atoms with E-state index >= 15 is 0 Å². The molecule has 1 amide bonds. The van der Waals surface area contributed by atoms with Crippen molar-refractivity contribution >= 4 is 35.1 Å². The van der Waals surface area contributed by atoms with Crippen molar-refractivity contribution < 1.29 is 14.7 Å². The van der Waals surface area contributed by atoms with Crippen LogP contribution in [0.25, 0.3) is 0 Å². The molecular weight excluding hydrogens is 279 g/mol. The third kappa shape index (κ3) is 3.40. The molecule has 1 unspecified atom stereocenters. The number of hydrogen-bond acceptors (Lipinski definition) is 2. The van der Waals surface area contributed by atoms with Gasteiger partial charge in [-0.15, -0.1) is 0 Å². The van der Waals surface area contributed by atoms with Gasteiger partial charge in [0.15, 0.2) is 0 Å². The number of nitrogens with one attached hydrogen (secondary N) is 1. The lowest BCUT2D eigenvalue weighted by atomic mass is 10.2. The van der Waals surface area contributed by atoms with Crippen molar-refractivity contribution in [2.24, 2.45) is 0 Å². The average molecular weight is 293 g/mol. The molecule has 0 aromatic carbocycles. The van der Waals surface area contributed by atoms with Crippen molar-refractivity contribution in [3.63, 3.8) is 0 Å². The summed E-state index contributed by atoms with van der Waals surface area (Å²) in [5.74, 6) is -1.49. The number of amides is 1. The van der Waals surface area contributed by atoms with Gasteiger partial charge in [-0.2, -0.15) is 0 Å². The van der Waals surface area contributed by atoms with E-state index in [0.29, 0.717) is 6.42 Å². The van der Waals surface area contributed by atoms with Gasteiger partial charge < -0.3 is 15.0 Å².